The maximum atomic E-state index is 6.16. The Morgan fingerprint density at radius 2 is 2.16 bits per heavy atom. The van der Waals surface area contributed by atoms with Gasteiger partial charge >= 0.3 is 0 Å². The van der Waals surface area contributed by atoms with Crippen LogP contribution in [0.5, 0.6) is 5.75 Å². The lowest BCUT2D eigenvalue weighted by Crippen LogP contribution is -2.24. The quantitative estimate of drug-likeness (QED) is 0.867. The SMILES string of the molecule is CNC(C)c1ccc(OC2CCCC(C)C2)c(Br)c1. The van der Waals surface area contributed by atoms with Gasteiger partial charge in [0.2, 0.25) is 0 Å². The predicted molar refractivity (Wildman–Crippen MR) is 83.7 cm³/mol. The van der Waals surface area contributed by atoms with E-state index >= 15 is 0 Å². The molecule has 1 aromatic carbocycles. The molecule has 0 saturated heterocycles. The standard InChI is InChI=1S/C16H24BrNO/c1-11-5-4-6-14(9-11)19-16-8-7-13(10-15(16)17)12(2)18-3/h7-8,10-12,14,18H,4-6,9H2,1-3H3. The summed E-state index contributed by atoms with van der Waals surface area (Å²) in [6.45, 7) is 4.48. The molecule has 3 atom stereocenters. The minimum absolute atomic E-state index is 0.361. The maximum absolute atomic E-state index is 6.16. The number of ether oxygens (including phenoxy) is 1. The summed E-state index contributed by atoms with van der Waals surface area (Å²) in [5.74, 6) is 1.77. The first-order chi connectivity index (χ1) is 9.10. The summed E-state index contributed by atoms with van der Waals surface area (Å²) in [5, 5.41) is 3.25. The van der Waals surface area contributed by atoms with Gasteiger partial charge in [-0.1, -0.05) is 19.4 Å². The Morgan fingerprint density at radius 1 is 1.37 bits per heavy atom. The summed E-state index contributed by atoms with van der Waals surface area (Å²) in [4.78, 5) is 0. The summed E-state index contributed by atoms with van der Waals surface area (Å²) in [6, 6.07) is 6.75. The molecule has 1 aromatic rings. The molecular formula is C16H24BrNO. The summed E-state index contributed by atoms with van der Waals surface area (Å²) >= 11 is 3.63. The number of hydrogen-bond acceptors (Lipinski definition) is 2. The van der Waals surface area contributed by atoms with Gasteiger partial charge in [0, 0.05) is 6.04 Å². The van der Waals surface area contributed by atoms with E-state index in [0.717, 1.165) is 16.1 Å². The summed E-state index contributed by atoms with van der Waals surface area (Å²) in [6.07, 6.45) is 5.39. The molecule has 1 aliphatic carbocycles. The van der Waals surface area contributed by atoms with Crippen LogP contribution in [-0.4, -0.2) is 13.2 Å². The third-order valence-corrected chi connectivity index (χ3v) is 4.69. The van der Waals surface area contributed by atoms with E-state index in [1.807, 2.05) is 7.05 Å². The molecule has 0 radical (unpaired) electrons. The van der Waals surface area contributed by atoms with Crippen molar-refractivity contribution in [2.45, 2.75) is 51.7 Å². The molecule has 0 aromatic heterocycles. The smallest absolute Gasteiger partial charge is 0.133 e. The fraction of sp³-hybridized carbons (Fsp3) is 0.625. The first-order valence-corrected chi connectivity index (χ1v) is 8.02. The Bertz CT molecular complexity index is 421. The molecular weight excluding hydrogens is 302 g/mol. The van der Waals surface area contributed by atoms with E-state index < -0.39 is 0 Å². The fourth-order valence-corrected chi connectivity index (χ4v) is 3.20. The number of benzene rings is 1. The van der Waals surface area contributed by atoms with Crippen LogP contribution in [0.4, 0.5) is 0 Å². The monoisotopic (exact) mass is 325 g/mol. The highest BCUT2D eigenvalue weighted by Gasteiger charge is 2.21. The average Bonchev–Trinajstić information content (AvgIpc) is 2.40. The van der Waals surface area contributed by atoms with Crippen LogP contribution in [0.2, 0.25) is 0 Å². The van der Waals surface area contributed by atoms with Gasteiger partial charge < -0.3 is 10.1 Å². The van der Waals surface area contributed by atoms with Gasteiger partial charge in [-0.05, 0) is 72.8 Å². The van der Waals surface area contributed by atoms with E-state index in [1.54, 1.807) is 0 Å². The van der Waals surface area contributed by atoms with Crippen molar-refractivity contribution in [3.63, 3.8) is 0 Å². The Kier molecular flexibility index (Phi) is 5.28. The molecule has 2 rings (SSSR count). The van der Waals surface area contributed by atoms with Crippen LogP contribution in [0.15, 0.2) is 22.7 Å². The van der Waals surface area contributed by atoms with Crippen molar-refractivity contribution in [2.24, 2.45) is 5.92 Å². The third kappa shape index (κ3) is 3.96. The molecule has 3 unspecified atom stereocenters. The Hall–Kier alpha value is -0.540. The highest BCUT2D eigenvalue weighted by Crippen LogP contribution is 2.32. The van der Waals surface area contributed by atoms with E-state index in [-0.39, 0.29) is 0 Å². The first-order valence-electron chi connectivity index (χ1n) is 7.23. The van der Waals surface area contributed by atoms with Crippen LogP contribution < -0.4 is 10.1 Å². The first kappa shape index (κ1) is 14.9. The largest absolute Gasteiger partial charge is 0.489 e. The molecule has 19 heavy (non-hydrogen) atoms. The molecule has 1 N–H and O–H groups in total. The second-order valence-electron chi connectivity index (χ2n) is 5.71. The number of halogens is 1. The molecule has 0 bridgehead atoms. The fourth-order valence-electron chi connectivity index (χ4n) is 2.71. The number of nitrogens with one attached hydrogen (secondary N) is 1. The molecule has 0 heterocycles. The van der Waals surface area contributed by atoms with Crippen molar-refractivity contribution in [3.05, 3.63) is 28.2 Å². The van der Waals surface area contributed by atoms with E-state index in [0.29, 0.717) is 12.1 Å². The Balaban J connectivity index is 2.04. The third-order valence-electron chi connectivity index (χ3n) is 4.07. The van der Waals surface area contributed by atoms with E-state index in [2.05, 4.69) is 53.3 Å². The highest BCUT2D eigenvalue weighted by atomic mass is 79.9. The van der Waals surface area contributed by atoms with Crippen LogP contribution in [0.25, 0.3) is 0 Å². The Labute approximate surface area is 125 Å². The van der Waals surface area contributed by atoms with E-state index in [1.165, 1.54) is 31.2 Å². The maximum Gasteiger partial charge on any atom is 0.133 e. The van der Waals surface area contributed by atoms with Crippen molar-refractivity contribution in [2.75, 3.05) is 7.05 Å². The van der Waals surface area contributed by atoms with Crippen LogP contribution in [0, 0.1) is 5.92 Å². The molecule has 106 valence electrons. The van der Waals surface area contributed by atoms with Crippen LogP contribution >= 0.6 is 15.9 Å². The lowest BCUT2D eigenvalue weighted by molar-refractivity contribution is 0.128. The second kappa shape index (κ2) is 6.76. The molecule has 2 nitrogen and oxygen atoms in total. The zero-order valence-corrected chi connectivity index (χ0v) is 13.7. The topological polar surface area (TPSA) is 21.3 Å². The zero-order chi connectivity index (χ0) is 13.8. The van der Waals surface area contributed by atoms with Gasteiger partial charge in [0.25, 0.3) is 0 Å². The van der Waals surface area contributed by atoms with Gasteiger partial charge in [-0.2, -0.15) is 0 Å². The summed E-state index contributed by atoms with van der Waals surface area (Å²) in [5.41, 5.74) is 1.28. The zero-order valence-electron chi connectivity index (χ0n) is 12.1. The highest BCUT2D eigenvalue weighted by molar-refractivity contribution is 9.10. The van der Waals surface area contributed by atoms with Crippen LogP contribution in [0.1, 0.15) is 51.1 Å². The average molecular weight is 326 g/mol. The van der Waals surface area contributed by atoms with Gasteiger partial charge in [0.05, 0.1) is 10.6 Å². The molecule has 0 aliphatic heterocycles. The van der Waals surface area contributed by atoms with Gasteiger partial charge in [-0.15, -0.1) is 0 Å². The lowest BCUT2D eigenvalue weighted by Gasteiger charge is -2.28. The summed E-state index contributed by atoms with van der Waals surface area (Å²) < 4.78 is 7.22. The normalized spacial score (nSPS) is 25.1. The molecule has 0 amide bonds. The van der Waals surface area contributed by atoms with Gasteiger partial charge in [-0.3, -0.25) is 0 Å². The van der Waals surface area contributed by atoms with Crippen LogP contribution in [-0.2, 0) is 0 Å². The van der Waals surface area contributed by atoms with Gasteiger partial charge in [0.1, 0.15) is 5.75 Å². The lowest BCUT2D eigenvalue weighted by atomic mass is 9.89. The summed E-state index contributed by atoms with van der Waals surface area (Å²) in [7, 11) is 1.98. The molecule has 1 aliphatic rings. The molecule has 3 heteroatoms. The number of rotatable bonds is 4. The van der Waals surface area contributed by atoms with Gasteiger partial charge in [0.15, 0.2) is 0 Å². The molecule has 1 saturated carbocycles. The van der Waals surface area contributed by atoms with Crippen molar-refractivity contribution in [1.29, 1.82) is 0 Å². The van der Waals surface area contributed by atoms with Gasteiger partial charge in [-0.25, -0.2) is 0 Å². The van der Waals surface area contributed by atoms with Crippen molar-refractivity contribution in [1.82, 2.24) is 5.32 Å². The molecule has 1 fully saturated rings. The van der Waals surface area contributed by atoms with E-state index in [4.69, 9.17) is 4.74 Å². The second-order valence-corrected chi connectivity index (χ2v) is 6.57. The minimum atomic E-state index is 0.361. The van der Waals surface area contributed by atoms with Crippen molar-refractivity contribution >= 4 is 15.9 Å². The molecule has 0 spiro atoms. The number of hydrogen-bond donors (Lipinski definition) is 1. The minimum Gasteiger partial charge on any atom is -0.489 e. The van der Waals surface area contributed by atoms with E-state index in [9.17, 15) is 0 Å². The predicted octanol–water partition coefficient (Wildman–Crippen LogP) is 4.69. The Morgan fingerprint density at radius 3 is 2.79 bits per heavy atom. The van der Waals surface area contributed by atoms with Crippen LogP contribution in [0.3, 0.4) is 0 Å². The van der Waals surface area contributed by atoms with Crippen molar-refractivity contribution < 1.29 is 4.74 Å². The van der Waals surface area contributed by atoms with Crippen molar-refractivity contribution in [3.8, 4) is 5.75 Å².